The molecule has 1 saturated carbocycles. The largest absolute Gasteiger partial charge is 0.370 e. The topological polar surface area (TPSA) is 109 Å². The number of hydrogen-bond donors (Lipinski definition) is 4. The van der Waals surface area contributed by atoms with Gasteiger partial charge in [-0.1, -0.05) is 100 Å². The van der Waals surface area contributed by atoms with Gasteiger partial charge in [0.25, 0.3) is 0 Å². The van der Waals surface area contributed by atoms with Gasteiger partial charge in [-0.25, -0.2) is 9.79 Å². The molecule has 0 saturated heterocycles. The number of nitrogens with one attached hydrogen (secondary N) is 3. The molecule has 1 fully saturated rings. The summed E-state index contributed by atoms with van der Waals surface area (Å²) in [7, 11) is 0. The van der Waals surface area contributed by atoms with Crippen LogP contribution in [0, 0.1) is 5.92 Å². The highest BCUT2D eigenvalue weighted by atomic mass is 16.2. The number of nitrogens with zero attached hydrogens (tertiary/aromatic N) is 1. The first-order valence-corrected chi connectivity index (χ1v) is 13.7. The summed E-state index contributed by atoms with van der Waals surface area (Å²) in [5, 5.41) is 8.99. The molecule has 1 unspecified atom stereocenters. The van der Waals surface area contributed by atoms with Gasteiger partial charge in [0, 0.05) is 13.1 Å². The van der Waals surface area contributed by atoms with Crippen molar-refractivity contribution >= 4 is 18.3 Å². The number of hydrogen-bond acceptors (Lipinski definition) is 3. The molecule has 0 heterocycles. The Labute approximate surface area is 221 Å². The van der Waals surface area contributed by atoms with Crippen LogP contribution < -0.4 is 21.7 Å². The lowest BCUT2D eigenvalue weighted by molar-refractivity contribution is -0.113. The summed E-state index contributed by atoms with van der Waals surface area (Å²) in [5.74, 6) is 0.918. The van der Waals surface area contributed by atoms with E-state index in [4.69, 9.17) is 5.73 Å². The molecule has 1 atom stereocenters. The van der Waals surface area contributed by atoms with Crippen molar-refractivity contribution in [3.05, 3.63) is 71.3 Å². The first kappa shape index (κ1) is 28.2. The van der Waals surface area contributed by atoms with Crippen molar-refractivity contribution in [2.45, 2.75) is 83.3 Å². The Morgan fingerprint density at radius 1 is 1.03 bits per heavy atom. The van der Waals surface area contributed by atoms with Crippen molar-refractivity contribution in [2.24, 2.45) is 16.6 Å². The fraction of sp³-hybridized carbons (Fsp3) is 0.500. The van der Waals surface area contributed by atoms with Crippen LogP contribution in [-0.2, 0) is 23.4 Å². The van der Waals surface area contributed by atoms with Gasteiger partial charge in [0.15, 0.2) is 5.96 Å². The van der Waals surface area contributed by atoms with E-state index in [0.29, 0.717) is 32.0 Å². The fourth-order valence-electron chi connectivity index (χ4n) is 4.91. The second-order valence-corrected chi connectivity index (χ2v) is 10.1. The summed E-state index contributed by atoms with van der Waals surface area (Å²) in [5.41, 5.74) is 8.35. The van der Waals surface area contributed by atoms with Gasteiger partial charge in [0.05, 0.1) is 6.54 Å². The van der Waals surface area contributed by atoms with E-state index in [2.05, 4.69) is 27.9 Å². The van der Waals surface area contributed by atoms with Gasteiger partial charge in [0.1, 0.15) is 11.8 Å². The SMILES string of the molecule is CCCCNC(=O)NCc1ccc(CN=C(N)NC(C=O)(CCC2CCCCC2)c2ccccc2)cc1. The molecular weight excluding hydrogens is 462 g/mol. The molecule has 7 nitrogen and oxygen atoms in total. The molecule has 1 aliphatic rings. The third-order valence-electron chi connectivity index (χ3n) is 7.24. The smallest absolute Gasteiger partial charge is 0.315 e. The van der Waals surface area contributed by atoms with Crippen LogP contribution in [0.1, 0.15) is 81.4 Å². The van der Waals surface area contributed by atoms with E-state index in [1.165, 1.54) is 32.1 Å². The van der Waals surface area contributed by atoms with Crippen LogP contribution in [0.5, 0.6) is 0 Å². The van der Waals surface area contributed by atoms with Crippen LogP contribution in [0.25, 0.3) is 0 Å². The summed E-state index contributed by atoms with van der Waals surface area (Å²) < 4.78 is 0. The van der Waals surface area contributed by atoms with Gasteiger partial charge in [-0.15, -0.1) is 0 Å². The minimum Gasteiger partial charge on any atom is -0.370 e. The number of rotatable bonds is 13. The van der Waals surface area contributed by atoms with E-state index < -0.39 is 5.54 Å². The Morgan fingerprint density at radius 2 is 1.73 bits per heavy atom. The van der Waals surface area contributed by atoms with Crippen LogP contribution in [0.2, 0.25) is 0 Å². The van der Waals surface area contributed by atoms with Gasteiger partial charge < -0.3 is 26.5 Å². The molecular formula is C30H43N5O2. The molecule has 7 heteroatoms. The Bertz CT molecular complexity index is 987. The zero-order chi connectivity index (χ0) is 26.3. The highest BCUT2D eigenvalue weighted by molar-refractivity contribution is 5.84. The van der Waals surface area contributed by atoms with E-state index in [9.17, 15) is 9.59 Å². The van der Waals surface area contributed by atoms with Crippen molar-refractivity contribution in [2.75, 3.05) is 6.54 Å². The second-order valence-electron chi connectivity index (χ2n) is 10.1. The molecule has 5 N–H and O–H groups in total. The highest BCUT2D eigenvalue weighted by Crippen LogP contribution is 2.32. The number of amides is 2. The number of carbonyl (C=O) groups excluding carboxylic acids is 2. The van der Waals surface area contributed by atoms with Crippen molar-refractivity contribution in [3.63, 3.8) is 0 Å². The normalized spacial score (nSPS) is 16.0. The Hall–Kier alpha value is -3.35. The molecule has 0 spiro atoms. The van der Waals surface area contributed by atoms with Gasteiger partial charge >= 0.3 is 6.03 Å². The first-order chi connectivity index (χ1) is 18.0. The van der Waals surface area contributed by atoms with E-state index >= 15 is 0 Å². The van der Waals surface area contributed by atoms with Gasteiger partial charge in [-0.2, -0.15) is 0 Å². The molecule has 0 aromatic heterocycles. The predicted octanol–water partition coefficient (Wildman–Crippen LogP) is 5.15. The van der Waals surface area contributed by atoms with Crippen molar-refractivity contribution < 1.29 is 9.59 Å². The van der Waals surface area contributed by atoms with E-state index in [-0.39, 0.29) is 12.0 Å². The van der Waals surface area contributed by atoms with Gasteiger partial charge in [-0.05, 0) is 41.9 Å². The number of nitrogens with two attached hydrogens (primary N) is 1. The Kier molecular flexibility index (Phi) is 11.5. The van der Waals surface area contributed by atoms with Crippen LogP contribution in [0.4, 0.5) is 4.79 Å². The average Bonchev–Trinajstić information content (AvgIpc) is 2.95. The lowest BCUT2D eigenvalue weighted by atomic mass is 9.80. The first-order valence-electron chi connectivity index (χ1n) is 13.7. The zero-order valence-electron chi connectivity index (χ0n) is 22.2. The summed E-state index contributed by atoms with van der Waals surface area (Å²) >= 11 is 0. The number of guanidine groups is 1. The lowest BCUT2D eigenvalue weighted by Crippen LogP contribution is -2.50. The van der Waals surface area contributed by atoms with Crippen LogP contribution in [-0.4, -0.2) is 24.8 Å². The zero-order valence-corrected chi connectivity index (χ0v) is 22.2. The van der Waals surface area contributed by atoms with E-state index in [1.54, 1.807) is 0 Å². The molecule has 2 aromatic carbocycles. The molecule has 0 radical (unpaired) electrons. The minimum absolute atomic E-state index is 0.151. The number of carbonyl (C=O) groups is 2. The molecule has 1 aliphatic carbocycles. The third kappa shape index (κ3) is 9.23. The monoisotopic (exact) mass is 505 g/mol. The number of aldehydes is 1. The fourth-order valence-corrected chi connectivity index (χ4v) is 4.91. The molecule has 37 heavy (non-hydrogen) atoms. The second kappa shape index (κ2) is 15.0. The predicted molar refractivity (Wildman–Crippen MR) is 150 cm³/mol. The maximum Gasteiger partial charge on any atom is 0.315 e. The number of unbranched alkanes of at least 4 members (excludes halogenated alkanes) is 1. The van der Waals surface area contributed by atoms with Gasteiger partial charge in [0.2, 0.25) is 0 Å². The molecule has 2 aromatic rings. The summed E-state index contributed by atoms with van der Waals surface area (Å²) in [6.07, 6.45) is 11.0. The Balaban J connectivity index is 1.58. The third-order valence-corrected chi connectivity index (χ3v) is 7.24. The summed E-state index contributed by atoms with van der Waals surface area (Å²) in [6, 6.07) is 17.6. The maximum atomic E-state index is 12.5. The van der Waals surface area contributed by atoms with Crippen molar-refractivity contribution in [3.8, 4) is 0 Å². The quantitative estimate of drug-likeness (QED) is 0.131. The molecule has 0 aliphatic heterocycles. The summed E-state index contributed by atoms with van der Waals surface area (Å²) in [4.78, 5) is 28.9. The van der Waals surface area contributed by atoms with Crippen LogP contribution in [0.15, 0.2) is 59.6 Å². The van der Waals surface area contributed by atoms with Crippen LogP contribution in [0.3, 0.4) is 0 Å². The van der Waals surface area contributed by atoms with Crippen molar-refractivity contribution in [1.29, 1.82) is 0 Å². The lowest BCUT2D eigenvalue weighted by Gasteiger charge is -2.33. The molecule has 0 bridgehead atoms. The minimum atomic E-state index is -0.889. The van der Waals surface area contributed by atoms with Gasteiger partial charge in [-0.3, -0.25) is 0 Å². The standard InChI is InChI=1S/C30H43N5O2/c1-2-3-20-32-29(37)34-22-26-16-14-25(15-17-26)21-33-28(31)35-30(23-36,27-12-8-5-9-13-27)19-18-24-10-6-4-7-11-24/h5,8-9,12-17,23-24H,2-4,6-7,10-11,18-22H2,1H3,(H3,31,33,35)(H2,32,34,37). The maximum absolute atomic E-state index is 12.5. The Morgan fingerprint density at radius 3 is 2.41 bits per heavy atom. The number of aliphatic imine (C=N–C) groups is 1. The highest BCUT2D eigenvalue weighted by Gasteiger charge is 2.33. The average molecular weight is 506 g/mol. The summed E-state index contributed by atoms with van der Waals surface area (Å²) in [6.45, 7) is 3.64. The molecule has 3 rings (SSSR count). The van der Waals surface area contributed by atoms with E-state index in [1.807, 2.05) is 54.6 Å². The van der Waals surface area contributed by atoms with Crippen molar-refractivity contribution in [1.82, 2.24) is 16.0 Å². The van der Waals surface area contributed by atoms with E-state index in [0.717, 1.165) is 42.2 Å². The van der Waals surface area contributed by atoms with Crippen LogP contribution >= 0.6 is 0 Å². The molecule has 200 valence electrons. The number of benzene rings is 2. The molecule has 2 amide bonds. The number of urea groups is 1.